The van der Waals surface area contributed by atoms with Crippen molar-refractivity contribution in [2.24, 2.45) is 0 Å². The summed E-state index contributed by atoms with van der Waals surface area (Å²) in [6.07, 6.45) is 0. The molecule has 0 aromatic heterocycles. The highest BCUT2D eigenvalue weighted by Crippen LogP contribution is 2.16. The van der Waals surface area contributed by atoms with Crippen LogP contribution in [0.2, 0.25) is 0 Å². The van der Waals surface area contributed by atoms with Gasteiger partial charge in [0.25, 0.3) is 5.91 Å². The average Bonchev–Trinajstić information content (AvgIpc) is 2.62. The van der Waals surface area contributed by atoms with Gasteiger partial charge in [0.2, 0.25) is 0 Å². The van der Waals surface area contributed by atoms with Gasteiger partial charge >= 0.3 is 5.97 Å². The van der Waals surface area contributed by atoms with Crippen molar-refractivity contribution in [3.05, 3.63) is 59.9 Å². The number of anilines is 2. The molecule has 0 bridgehead atoms. The van der Waals surface area contributed by atoms with Crippen molar-refractivity contribution in [3.63, 3.8) is 0 Å². The van der Waals surface area contributed by atoms with E-state index in [1.54, 1.807) is 31.2 Å². The molecule has 0 atom stereocenters. The summed E-state index contributed by atoms with van der Waals surface area (Å²) >= 11 is 0. The maximum absolute atomic E-state index is 13.0. The number of hydrogen-bond acceptors (Lipinski definition) is 4. The molecule has 0 spiro atoms. The molecule has 0 radical (unpaired) electrons. The fraction of sp³-hybridized carbons (Fsp3) is 0.263. The first kappa shape index (κ1) is 18.4. The van der Waals surface area contributed by atoms with Crippen LogP contribution in [0.15, 0.2) is 48.5 Å². The third kappa shape index (κ3) is 4.79. The lowest BCUT2D eigenvalue weighted by atomic mass is 10.2. The number of halogens is 1. The molecule has 6 heteroatoms. The predicted octanol–water partition coefficient (Wildman–Crippen LogP) is 3.10. The van der Waals surface area contributed by atoms with E-state index >= 15 is 0 Å². The molecule has 132 valence electrons. The van der Waals surface area contributed by atoms with E-state index in [0.29, 0.717) is 17.8 Å². The number of amides is 1. The number of hydrogen-bond donors (Lipinski definition) is 0. The molecule has 2 aromatic carbocycles. The summed E-state index contributed by atoms with van der Waals surface area (Å²) in [5.41, 5.74) is 1.89. The third-order valence-corrected chi connectivity index (χ3v) is 3.70. The van der Waals surface area contributed by atoms with Crippen molar-refractivity contribution in [2.75, 3.05) is 37.0 Å². The van der Waals surface area contributed by atoms with Gasteiger partial charge in [0.15, 0.2) is 6.61 Å². The fourth-order valence-corrected chi connectivity index (χ4v) is 2.31. The van der Waals surface area contributed by atoms with Crippen molar-refractivity contribution in [1.29, 1.82) is 0 Å². The second kappa shape index (κ2) is 8.28. The SMILES string of the molecule is CCN(C(=O)COC(=O)c1ccc(N(C)C)cc1)c1ccc(F)cc1. The van der Waals surface area contributed by atoms with Gasteiger partial charge in [0, 0.05) is 32.0 Å². The molecular weight excluding hydrogens is 323 g/mol. The molecule has 2 rings (SSSR count). The van der Waals surface area contributed by atoms with E-state index in [1.807, 2.05) is 19.0 Å². The van der Waals surface area contributed by atoms with Gasteiger partial charge in [-0.3, -0.25) is 4.79 Å². The highest BCUT2D eigenvalue weighted by atomic mass is 19.1. The smallest absolute Gasteiger partial charge is 0.338 e. The first-order valence-electron chi connectivity index (χ1n) is 7.92. The van der Waals surface area contributed by atoms with Gasteiger partial charge in [-0.05, 0) is 55.5 Å². The highest BCUT2D eigenvalue weighted by Gasteiger charge is 2.17. The van der Waals surface area contributed by atoms with E-state index in [4.69, 9.17) is 4.74 Å². The first-order valence-corrected chi connectivity index (χ1v) is 7.92. The van der Waals surface area contributed by atoms with E-state index in [-0.39, 0.29) is 18.3 Å². The molecule has 0 saturated carbocycles. The van der Waals surface area contributed by atoms with E-state index in [0.717, 1.165) is 5.69 Å². The van der Waals surface area contributed by atoms with Gasteiger partial charge in [-0.15, -0.1) is 0 Å². The van der Waals surface area contributed by atoms with Gasteiger partial charge in [-0.2, -0.15) is 0 Å². The minimum Gasteiger partial charge on any atom is -0.452 e. The first-order chi connectivity index (χ1) is 11.9. The van der Waals surface area contributed by atoms with Crippen LogP contribution in [0.5, 0.6) is 0 Å². The fourth-order valence-electron chi connectivity index (χ4n) is 2.31. The molecule has 25 heavy (non-hydrogen) atoms. The molecule has 1 amide bonds. The van der Waals surface area contributed by atoms with Gasteiger partial charge in [0.05, 0.1) is 5.56 Å². The summed E-state index contributed by atoms with van der Waals surface area (Å²) in [5, 5.41) is 0. The van der Waals surface area contributed by atoms with Gasteiger partial charge in [-0.1, -0.05) is 0 Å². The predicted molar refractivity (Wildman–Crippen MR) is 95.5 cm³/mol. The second-order valence-electron chi connectivity index (χ2n) is 5.63. The van der Waals surface area contributed by atoms with Crippen LogP contribution < -0.4 is 9.80 Å². The van der Waals surface area contributed by atoms with Crippen LogP contribution >= 0.6 is 0 Å². The Morgan fingerprint density at radius 2 is 1.52 bits per heavy atom. The van der Waals surface area contributed by atoms with E-state index < -0.39 is 5.97 Å². The molecule has 0 unspecified atom stereocenters. The molecule has 0 aliphatic carbocycles. The summed E-state index contributed by atoms with van der Waals surface area (Å²) in [7, 11) is 3.81. The Balaban J connectivity index is 1.97. The van der Waals surface area contributed by atoms with Crippen molar-refractivity contribution >= 4 is 23.3 Å². The zero-order chi connectivity index (χ0) is 18.4. The van der Waals surface area contributed by atoms with Crippen LogP contribution in [0.4, 0.5) is 15.8 Å². The van der Waals surface area contributed by atoms with Crippen LogP contribution in [0.25, 0.3) is 0 Å². The van der Waals surface area contributed by atoms with Crippen molar-refractivity contribution in [3.8, 4) is 0 Å². The van der Waals surface area contributed by atoms with E-state index in [9.17, 15) is 14.0 Å². The Hall–Kier alpha value is -2.89. The Morgan fingerprint density at radius 3 is 2.04 bits per heavy atom. The quantitative estimate of drug-likeness (QED) is 0.756. The van der Waals surface area contributed by atoms with Crippen LogP contribution in [-0.4, -0.2) is 39.1 Å². The largest absolute Gasteiger partial charge is 0.452 e. The molecule has 0 saturated heterocycles. The van der Waals surface area contributed by atoms with Crippen LogP contribution in [0.3, 0.4) is 0 Å². The van der Waals surface area contributed by atoms with Crippen molar-refractivity contribution in [1.82, 2.24) is 0 Å². The molecule has 0 N–H and O–H groups in total. The average molecular weight is 344 g/mol. The number of rotatable bonds is 6. The number of nitrogens with zero attached hydrogens (tertiary/aromatic N) is 2. The summed E-state index contributed by atoms with van der Waals surface area (Å²) in [5.74, 6) is -1.30. The summed E-state index contributed by atoms with van der Waals surface area (Å²) in [6.45, 7) is 1.81. The van der Waals surface area contributed by atoms with Crippen LogP contribution in [-0.2, 0) is 9.53 Å². The third-order valence-electron chi connectivity index (χ3n) is 3.70. The summed E-state index contributed by atoms with van der Waals surface area (Å²) < 4.78 is 18.1. The Kier molecular flexibility index (Phi) is 6.11. The molecule has 0 aliphatic heterocycles. The number of esters is 1. The zero-order valence-electron chi connectivity index (χ0n) is 14.5. The standard InChI is InChI=1S/C19H21FN2O3/c1-4-22(17-11-7-15(20)8-12-17)18(23)13-25-19(24)14-5-9-16(10-6-14)21(2)3/h5-12H,4,13H2,1-3H3. The second-order valence-corrected chi connectivity index (χ2v) is 5.63. The highest BCUT2D eigenvalue weighted by molar-refractivity contribution is 5.97. The van der Waals surface area contributed by atoms with Crippen molar-refractivity contribution < 1.29 is 18.7 Å². The van der Waals surface area contributed by atoms with Gasteiger partial charge in [0.1, 0.15) is 5.82 Å². The lowest BCUT2D eigenvalue weighted by Gasteiger charge is -2.20. The number of benzene rings is 2. The van der Waals surface area contributed by atoms with Crippen LogP contribution in [0.1, 0.15) is 17.3 Å². The van der Waals surface area contributed by atoms with Crippen molar-refractivity contribution in [2.45, 2.75) is 6.92 Å². The summed E-state index contributed by atoms with van der Waals surface area (Å²) in [4.78, 5) is 27.7. The molecule has 5 nitrogen and oxygen atoms in total. The number of likely N-dealkylation sites (N-methyl/N-ethyl adjacent to an activating group) is 1. The lowest BCUT2D eigenvalue weighted by molar-refractivity contribution is -0.121. The van der Waals surface area contributed by atoms with Gasteiger partial charge < -0.3 is 14.5 Å². The maximum Gasteiger partial charge on any atom is 0.338 e. The molecule has 0 fully saturated rings. The Bertz CT molecular complexity index is 727. The molecular formula is C19H21FN2O3. The number of ether oxygens (including phenoxy) is 1. The summed E-state index contributed by atoms with van der Waals surface area (Å²) in [6, 6.07) is 12.5. The molecule has 2 aromatic rings. The number of carbonyl (C=O) groups excluding carboxylic acids is 2. The Morgan fingerprint density at radius 1 is 0.960 bits per heavy atom. The monoisotopic (exact) mass is 344 g/mol. The van der Waals surface area contributed by atoms with E-state index in [1.165, 1.54) is 29.2 Å². The van der Waals surface area contributed by atoms with Gasteiger partial charge in [-0.25, -0.2) is 9.18 Å². The molecule has 0 aliphatic rings. The zero-order valence-corrected chi connectivity index (χ0v) is 14.5. The topological polar surface area (TPSA) is 49.9 Å². The minimum atomic E-state index is -0.561. The normalized spacial score (nSPS) is 10.2. The minimum absolute atomic E-state index is 0.368. The maximum atomic E-state index is 13.0. The lowest BCUT2D eigenvalue weighted by Crippen LogP contribution is -2.34. The Labute approximate surface area is 146 Å². The number of carbonyl (C=O) groups is 2. The van der Waals surface area contributed by atoms with E-state index in [2.05, 4.69) is 0 Å². The molecule has 0 heterocycles. The van der Waals surface area contributed by atoms with Crippen LogP contribution in [0, 0.1) is 5.82 Å².